The summed E-state index contributed by atoms with van der Waals surface area (Å²) in [5.41, 5.74) is 10.6. The molecule has 2 nitrogen and oxygen atoms in total. The van der Waals surface area contributed by atoms with E-state index in [9.17, 15) is 0 Å². The number of nitrogen functional groups attached to an aromatic ring is 1. The molecule has 0 saturated carbocycles. The lowest BCUT2D eigenvalue weighted by molar-refractivity contribution is 0.872. The van der Waals surface area contributed by atoms with Gasteiger partial charge in [-0.15, -0.1) is 0 Å². The Hall–Kier alpha value is -1.48. The highest BCUT2D eigenvalue weighted by Gasteiger charge is 2.06. The Balaban J connectivity index is 2.06. The lowest BCUT2D eigenvalue weighted by Gasteiger charge is -2.21. The van der Waals surface area contributed by atoms with Gasteiger partial charge in [0.05, 0.1) is 11.4 Å². The van der Waals surface area contributed by atoms with Crippen LogP contribution in [0.5, 0.6) is 0 Å². The van der Waals surface area contributed by atoms with Crippen LogP contribution in [0.15, 0.2) is 46.9 Å². The highest BCUT2D eigenvalue weighted by Crippen LogP contribution is 2.22. The molecule has 0 radical (unpaired) electrons. The minimum Gasteiger partial charge on any atom is -0.397 e. The van der Waals surface area contributed by atoms with E-state index in [4.69, 9.17) is 5.73 Å². The van der Waals surface area contributed by atoms with E-state index in [1.807, 2.05) is 18.2 Å². The van der Waals surface area contributed by atoms with Crippen LogP contribution in [0.4, 0.5) is 11.4 Å². The van der Waals surface area contributed by atoms with Crippen LogP contribution in [0, 0.1) is 6.92 Å². The number of hydrogen-bond acceptors (Lipinski definition) is 2. The van der Waals surface area contributed by atoms with Crippen molar-refractivity contribution in [1.29, 1.82) is 0 Å². The fourth-order valence-electron chi connectivity index (χ4n) is 2.15. The van der Waals surface area contributed by atoms with Gasteiger partial charge in [-0.3, -0.25) is 0 Å². The maximum atomic E-state index is 6.00. The molecule has 2 aromatic carbocycles. The van der Waals surface area contributed by atoms with E-state index in [0.717, 1.165) is 28.8 Å². The fraction of sp³-hybridized carbons (Fsp3) is 0.250. The zero-order chi connectivity index (χ0) is 13.8. The Morgan fingerprint density at radius 1 is 1.16 bits per heavy atom. The molecule has 0 bridgehead atoms. The van der Waals surface area contributed by atoms with Gasteiger partial charge in [0.2, 0.25) is 0 Å². The molecular formula is C16H19BrN2. The molecule has 0 atom stereocenters. The minimum atomic E-state index is 0.830. The number of para-hydroxylation sites is 2. The van der Waals surface area contributed by atoms with Gasteiger partial charge < -0.3 is 10.6 Å². The molecule has 3 heteroatoms. The molecule has 0 amide bonds. The second-order valence-electron chi connectivity index (χ2n) is 4.80. The van der Waals surface area contributed by atoms with E-state index in [1.165, 1.54) is 11.1 Å². The lowest BCUT2D eigenvalue weighted by Crippen LogP contribution is -2.21. The first kappa shape index (κ1) is 13.9. The van der Waals surface area contributed by atoms with Crippen LogP contribution in [0.3, 0.4) is 0 Å². The highest BCUT2D eigenvalue weighted by molar-refractivity contribution is 9.10. The summed E-state index contributed by atoms with van der Waals surface area (Å²) < 4.78 is 1.13. The number of anilines is 2. The monoisotopic (exact) mass is 318 g/mol. The van der Waals surface area contributed by atoms with Gasteiger partial charge in [-0.05, 0) is 48.7 Å². The lowest BCUT2D eigenvalue weighted by atomic mass is 10.1. The summed E-state index contributed by atoms with van der Waals surface area (Å²) in [5, 5.41) is 0. The number of nitrogens with zero attached hydrogens (tertiary/aromatic N) is 1. The number of nitrogens with two attached hydrogens (primary N) is 1. The average Bonchev–Trinajstić information content (AvgIpc) is 2.40. The van der Waals surface area contributed by atoms with Crippen molar-refractivity contribution in [2.24, 2.45) is 0 Å². The van der Waals surface area contributed by atoms with E-state index in [0.29, 0.717) is 0 Å². The molecule has 0 aliphatic rings. The molecule has 2 aromatic rings. The van der Waals surface area contributed by atoms with Gasteiger partial charge in [0.15, 0.2) is 0 Å². The third-order valence-electron chi connectivity index (χ3n) is 3.38. The summed E-state index contributed by atoms with van der Waals surface area (Å²) in [5.74, 6) is 0. The first-order chi connectivity index (χ1) is 9.08. The van der Waals surface area contributed by atoms with Crippen LogP contribution >= 0.6 is 15.9 Å². The summed E-state index contributed by atoms with van der Waals surface area (Å²) in [7, 11) is 2.08. The molecule has 0 aromatic heterocycles. The molecule has 0 spiro atoms. The molecule has 100 valence electrons. The van der Waals surface area contributed by atoms with Gasteiger partial charge in [-0.25, -0.2) is 0 Å². The summed E-state index contributed by atoms with van der Waals surface area (Å²) in [4.78, 5) is 2.20. The van der Waals surface area contributed by atoms with Crippen molar-refractivity contribution >= 4 is 27.3 Å². The maximum absolute atomic E-state index is 6.00. The van der Waals surface area contributed by atoms with Crippen LogP contribution in [-0.2, 0) is 6.42 Å². The van der Waals surface area contributed by atoms with Crippen LogP contribution < -0.4 is 10.6 Å². The minimum absolute atomic E-state index is 0.830. The molecule has 0 aliphatic heterocycles. The van der Waals surface area contributed by atoms with E-state index < -0.39 is 0 Å². The number of halogens is 1. The van der Waals surface area contributed by atoms with Gasteiger partial charge in [0.1, 0.15) is 0 Å². The van der Waals surface area contributed by atoms with E-state index in [2.05, 4.69) is 59.1 Å². The quantitative estimate of drug-likeness (QED) is 0.863. The Bertz CT molecular complexity index is 566. The van der Waals surface area contributed by atoms with Crippen molar-refractivity contribution < 1.29 is 0 Å². The maximum Gasteiger partial charge on any atom is 0.0597 e. The van der Waals surface area contributed by atoms with Crippen molar-refractivity contribution in [2.45, 2.75) is 13.3 Å². The van der Waals surface area contributed by atoms with Crippen molar-refractivity contribution in [3.05, 3.63) is 58.1 Å². The predicted octanol–water partition coefficient (Wildman–Crippen LogP) is 4.02. The standard InChI is InChI=1S/C16H19BrN2/c1-12-7-8-14(17)11-13(12)9-10-19(2)16-6-4-3-5-15(16)18/h3-8,11H,9-10,18H2,1-2H3. The summed E-state index contributed by atoms with van der Waals surface area (Å²) >= 11 is 3.53. The Labute approximate surface area is 123 Å². The number of likely N-dealkylation sites (N-methyl/N-ethyl adjacent to an activating group) is 1. The van der Waals surface area contributed by atoms with Gasteiger partial charge >= 0.3 is 0 Å². The van der Waals surface area contributed by atoms with Crippen molar-refractivity contribution in [2.75, 3.05) is 24.2 Å². The van der Waals surface area contributed by atoms with Crippen molar-refractivity contribution in [1.82, 2.24) is 0 Å². The van der Waals surface area contributed by atoms with E-state index in [-0.39, 0.29) is 0 Å². The Morgan fingerprint density at radius 3 is 2.63 bits per heavy atom. The molecule has 0 heterocycles. The molecule has 19 heavy (non-hydrogen) atoms. The summed E-state index contributed by atoms with van der Waals surface area (Å²) in [6, 6.07) is 14.4. The van der Waals surface area contributed by atoms with Crippen LogP contribution in [0.25, 0.3) is 0 Å². The Kier molecular flexibility index (Phi) is 4.48. The second-order valence-corrected chi connectivity index (χ2v) is 5.72. The van der Waals surface area contributed by atoms with E-state index in [1.54, 1.807) is 0 Å². The number of rotatable bonds is 4. The smallest absolute Gasteiger partial charge is 0.0597 e. The molecule has 2 rings (SSSR count). The molecule has 0 unspecified atom stereocenters. The van der Waals surface area contributed by atoms with Crippen molar-refractivity contribution in [3.63, 3.8) is 0 Å². The zero-order valence-corrected chi connectivity index (χ0v) is 12.9. The number of benzene rings is 2. The zero-order valence-electron chi connectivity index (χ0n) is 11.4. The molecule has 2 N–H and O–H groups in total. The second kappa shape index (κ2) is 6.11. The highest BCUT2D eigenvalue weighted by atomic mass is 79.9. The molecule has 0 fully saturated rings. The summed E-state index contributed by atoms with van der Waals surface area (Å²) in [6.07, 6.45) is 1.01. The molecule has 0 saturated heterocycles. The summed E-state index contributed by atoms with van der Waals surface area (Å²) in [6.45, 7) is 3.10. The third-order valence-corrected chi connectivity index (χ3v) is 3.87. The van der Waals surface area contributed by atoms with Crippen LogP contribution in [-0.4, -0.2) is 13.6 Å². The largest absolute Gasteiger partial charge is 0.397 e. The predicted molar refractivity (Wildman–Crippen MR) is 86.7 cm³/mol. The first-order valence-electron chi connectivity index (χ1n) is 6.38. The van der Waals surface area contributed by atoms with E-state index >= 15 is 0 Å². The van der Waals surface area contributed by atoms with Crippen LogP contribution in [0.1, 0.15) is 11.1 Å². The number of aryl methyl sites for hydroxylation is 1. The topological polar surface area (TPSA) is 29.3 Å². The SMILES string of the molecule is Cc1ccc(Br)cc1CCN(C)c1ccccc1N. The first-order valence-corrected chi connectivity index (χ1v) is 7.18. The van der Waals surface area contributed by atoms with Gasteiger partial charge in [-0.1, -0.05) is 34.1 Å². The normalized spacial score (nSPS) is 10.5. The number of hydrogen-bond donors (Lipinski definition) is 1. The van der Waals surface area contributed by atoms with Gasteiger partial charge in [0.25, 0.3) is 0 Å². The van der Waals surface area contributed by atoms with Crippen molar-refractivity contribution in [3.8, 4) is 0 Å². The fourth-order valence-corrected chi connectivity index (χ4v) is 2.56. The van der Waals surface area contributed by atoms with Gasteiger partial charge in [0, 0.05) is 18.1 Å². The third kappa shape index (κ3) is 3.51. The molecule has 0 aliphatic carbocycles. The van der Waals surface area contributed by atoms with Gasteiger partial charge in [-0.2, -0.15) is 0 Å². The Morgan fingerprint density at radius 2 is 1.89 bits per heavy atom. The molecular weight excluding hydrogens is 300 g/mol. The van der Waals surface area contributed by atoms with Crippen LogP contribution in [0.2, 0.25) is 0 Å². The average molecular weight is 319 g/mol.